The van der Waals surface area contributed by atoms with Gasteiger partial charge < -0.3 is 5.11 Å². The molecule has 0 radical (unpaired) electrons. The normalized spacial score (nSPS) is 12.7. The van der Waals surface area contributed by atoms with Crippen molar-refractivity contribution in [2.75, 3.05) is 0 Å². The molecule has 1 aromatic rings. The smallest absolute Gasteiger partial charge is 0.311 e. The molecule has 1 aromatic heterocycles. The number of aryl methyl sites for hydroxylation is 2. The number of carboxylic acids is 1. The Labute approximate surface area is 94.2 Å². The third-order valence-corrected chi connectivity index (χ3v) is 3.69. The van der Waals surface area contributed by atoms with E-state index in [1.54, 1.807) is 11.3 Å². The number of hydrogen-bond acceptors (Lipinski definition) is 3. The van der Waals surface area contributed by atoms with Crippen LogP contribution in [0, 0.1) is 6.92 Å². The zero-order valence-electron chi connectivity index (χ0n) is 9.41. The van der Waals surface area contributed by atoms with E-state index >= 15 is 0 Å². The number of nitrogens with zero attached hydrogens (tertiary/aromatic N) is 1. The van der Waals surface area contributed by atoms with Crippen LogP contribution in [0.25, 0.3) is 0 Å². The van der Waals surface area contributed by atoms with Gasteiger partial charge in [-0.05, 0) is 26.2 Å². The lowest BCUT2D eigenvalue weighted by molar-refractivity contribution is -0.138. The van der Waals surface area contributed by atoms with Crippen LogP contribution in [-0.4, -0.2) is 16.1 Å². The molecule has 84 valence electrons. The van der Waals surface area contributed by atoms with Gasteiger partial charge in [0.2, 0.25) is 0 Å². The first-order valence-corrected chi connectivity index (χ1v) is 6.10. The van der Waals surface area contributed by atoms with E-state index in [1.165, 1.54) is 0 Å². The number of rotatable bonds is 5. The zero-order valence-corrected chi connectivity index (χ0v) is 10.2. The highest BCUT2D eigenvalue weighted by Gasteiger charge is 2.22. The Balaban J connectivity index is 2.96. The van der Waals surface area contributed by atoms with E-state index in [2.05, 4.69) is 11.9 Å². The molecule has 1 unspecified atom stereocenters. The molecule has 1 heterocycles. The van der Waals surface area contributed by atoms with E-state index < -0.39 is 5.97 Å². The lowest BCUT2D eigenvalue weighted by Gasteiger charge is -2.06. The Morgan fingerprint density at radius 2 is 2.20 bits per heavy atom. The molecule has 3 nitrogen and oxygen atoms in total. The van der Waals surface area contributed by atoms with Gasteiger partial charge in [0.25, 0.3) is 0 Å². The molecule has 0 aliphatic carbocycles. The number of aliphatic carboxylic acids is 1. The Kier molecular flexibility index (Phi) is 4.27. The number of thiazole rings is 1. The maximum absolute atomic E-state index is 11.0. The molecule has 1 rings (SSSR count). The third kappa shape index (κ3) is 2.78. The molecule has 0 saturated carbocycles. The minimum absolute atomic E-state index is 0.381. The van der Waals surface area contributed by atoms with Gasteiger partial charge in [-0.2, -0.15) is 0 Å². The number of hydrogen-bond donors (Lipinski definition) is 1. The molecule has 0 spiro atoms. The monoisotopic (exact) mass is 227 g/mol. The van der Waals surface area contributed by atoms with E-state index in [0.717, 1.165) is 28.4 Å². The molecule has 0 bridgehead atoms. The zero-order chi connectivity index (χ0) is 11.4. The Bertz CT molecular complexity index is 346. The minimum Gasteiger partial charge on any atom is -0.481 e. The molecule has 0 fully saturated rings. The summed E-state index contributed by atoms with van der Waals surface area (Å²) in [7, 11) is 0. The van der Waals surface area contributed by atoms with Crippen LogP contribution in [0.15, 0.2) is 0 Å². The second-order valence-electron chi connectivity index (χ2n) is 3.61. The molecule has 4 heteroatoms. The van der Waals surface area contributed by atoms with Crippen LogP contribution in [0.5, 0.6) is 0 Å². The van der Waals surface area contributed by atoms with Crippen molar-refractivity contribution in [2.24, 2.45) is 0 Å². The highest BCUT2D eigenvalue weighted by atomic mass is 32.1. The second-order valence-corrected chi connectivity index (χ2v) is 4.72. The van der Waals surface area contributed by atoms with Crippen molar-refractivity contribution in [3.8, 4) is 0 Å². The average molecular weight is 227 g/mol. The summed E-state index contributed by atoms with van der Waals surface area (Å²) >= 11 is 1.55. The third-order valence-electron chi connectivity index (χ3n) is 2.36. The first kappa shape index (κ1) is 12.2. The van der Waals surface area contributed by atoms with Gasteiger partial charge in [-0.1, -0.05) is 13.8 Å². The fourth-order valence-electron chi connectivity index (χ4n) is 1.58. The summed E-state index contributed by atoms with van der Waals surface area (Å²) in [5.74, 6) is -1.12. The molecule has 0 aliphatic rings. The summed E-state index contributed by atoms with van der Waals surface area (Å²) in [5, 5.41) is 10.1. The lowest BCUT2D eigenvalue weighted by Crippen LogP contribution is -2.09. The quantitative estimate of drug-likeness (QED) is 0.841. The van der Waals surface area contributed by atoms with Gasteiger partial charge in [0, 0.05) is 4.88 Å². The van der Waals surface area contributed by atoms with Crippen molar-refractivity contribution in [1.82, 2.24) is 4.98 Å². The van der Waals surface area contributed by atoms with Crippen LogP contribution in [-0.2, 0) is 11.2 Å². The van der Waals surface area contributed by atoms with Gasteiger partial charge in [-0.25, -0.2) is 4.98 Å². The Morgan fingerprint density at radius 1 is 1.53 bits per heavy atom. The Morgan fingerprint density at radius 3 is 2.67 bits per heavy atom. The molecule has 0 aliphatic heterocycles. The van der Waals surface area contributed by atoms with Crippen LogP contribution < -0.4 is 0 Å². The number of carbonyl (C=O) groups is 1. The van der Waals surface area contributed by atoms with Crippen molar-refractivity contribution < 1.29 is 9.90 Å². The standard InChI is InChI=1S/C11H17NO2S/c1-4-6-9-12-7(3)10(15-9)8(5-2)11(13)14/h8H,4-6H2,1-3H3,(H,13,14). The van der Waals surface area contributed by atoms with Crippen LogP contribution >= 0.6 is 11.3 Å². The number of aromatic nitrogens is 1. The molecule has 0 amide bonds. The predicted molar refractivity (Wildman–Crippen MR) is 61.5 cm³/mol. The van der Waals surface area contributed by atoms with E-state index in [0.29, 0.717) is 6.42 Å². The Hall–Kier alpha value is -0.900. The van der Waals surface area contributed by atoms with Crippen molar-refractivity contribution in [1.29, 1.82) is 0 Å². The summed E-state index contributed by atoms with van der Waals surface area (Å²) in [6.45, 7) is 5.90. The first-order chi connectivity index (χ1) is 7.10. The fraction of sp³-hybridized carbons (Fsp3) is 0.636. The summed E-state index contributed by atoms with van der Waals surface area (Å²) in [4.78, 5) is 16.4. The molecule has 1 N–H and O–H groups in total. The molecule has 1 atom stereocenters. The summed E-state index contributed by atoms with van der Waals surface area (Å²) in [6.07, 6.45) is 2.63. The molecule has 15 heavy (non-hydrogen) atoms. The van der Waals surface area contributed by atoms with Crippen LogP contribution in [0.4, 0.5) is 0 Å². The van der Waals surface area contributed by atoms with Crippen molar-refractivity contribution in [3.05, 3.63) is 15.6 Å². The SMILES string of the molecule is CCCc1nc(C)c(C(CC)C(=O)O)s1. The molecular formula is C11H17NO2S. The maximum Gasteiger partial charge on any atom is 0.311 e. The second kappa shape index (κ2) is 5.26. The average Bonchev–Trinajstić information content (AvgIpc) is 2.49. The van der Waals surface area contributed by atoms with E-state index in [-0.39, 0.29) is 5.92 Å². The van der Waals surface area contributed by atoms with Crippen molar-refractivity contribution >= 4 is 17.3 Å². The van der Waals surface area contributed by atoms with Gasteiger partial charge in [0.15, 0.2) is 0 Å². The topological polar surface area (TPSA) is 50.2 Å². The van der Waals surface area contributed by atoms with Gasteiger partial charge in [0.05, 0.1) is 16.6 Å². The van der Waals surface area contributed by atoms with Gasteiger partial charge in [-0.3, -0.25) is 4.79 Å². The van der Waals surface area contributed by atoms with Gasteiger partial charge in [-0.15, -0.1) is 11.3 Å². The fourth-order valence-corrected chi connectivity index (χ4v) is 2.93. The largest absolute Gasteiger partial charge is 0.481 e. The van der Waals surface area contributed by atoms with Crippen molar-refractivity contribution in [3.63, 3.8) is 0 Å². The van der Waals surface area contributed by atoms with Crippen molar-refractivity contribution in [2.45, 2.75) is 46.0 Å². The summed E-state index contributed by atoms with van der Waals surface area (Å²) in [5.41, 5.74) is 0.887. The van der Waals surface area contributed by atoms with E-state index in [4.69, 9.17) is 5.11 Å². The van der Waals surface area contributed by atoms with E-state index in [9.17, 15) is 4.79 Å². The predicted octanol–water partition coefficient (Wildman–Crippen LogP) is 2.98. The maximum atomic E-state index is 11.0. The van der Waals surface area contributed by atoms with Crippen LogP contribution in [0.2, 0.25) is 0 Å². The van der Waals surface area contributed by atoms with E-state index in [1.807, 2.05) is 13.8 Å². The molecular weight excluding hydrogens is 210 g/mol. The highest BCUT2D eigenvalue weighted by molar-refractivity contribution is 7.12. The first-order valence-electron chi connectivity index (χ1n) is 5.29. The van der Waals surface area contributed by atoms with Gasteiger partial charge >= 0.3 is 5.97 Å². The summed E-state index contributed by atoms with van der Waals surface area (Å²) in [6, 6.07) is 0. The molecule has 0 aromatic carbocycles. The number of carboxylic acid groups (broad SMARTS) is 1. The lowest BCUT2D eigenvalue weighted by atomic mass is 10.0. The highest BCUT2D eigenvalue weighted by Crippen LogP contribution is 2.29. The minimum atomic E-state index is -0.743. The van der Waals surface area contributed by atoms with Gasteiger partial charge in [0.1, 0.15) is 0 Å². The van der Waals surface area contributed by atoms with Crippen LogP contribution in [0.1, 0.15) is 48.2 Å². The molecule has 0 saturated heterocycles. The summed E-state index contributed by atoms with van der Waals surface area (Å²) < 4.78 is 0. The van der Waals surface area contributed by atoms with Crippen LogP contribution in [0.3, 0.4) is 0 Å².